The topological polar surface area (TPSA) is 33.6 Å². The van der Waals surface area contributed by atoms with Crippen molar-refractivity contribution in [1.82, 2.24) is 5.32 Å². The van der Waals surface area contributed by atoms with E-state index in [2.05, 4.69) is 12.2 Å². The standard InChI is InChI=1S/C14H24N2OS/c1-10(13-7-4-8-17-13)15-14-16-12-6-3-2-5-11(12)9-18-14/h10-13H,2-9H2,1H3,(H,15,16). The second kappa shape index (κ2) is 5.83. The highest BCUT2D eigenvalue weighted by Crippen LogP contribution is 2.33. The van der Waals surface area contributed by atoms with E-state index in [0.29, 0.717) is 18.2 Å². The maximum Gasteiger partial charge on any atom is 0.157 e. The third kappa shape index (κ3) is 2.85. The van der Waals surface area contributed by atoms with Crippen LogP contribution in [-0.4, -0.2) is 35.7 Å². The third-order valence-corrected chi connectivity index (χ3v) is 5.55. The number of fused-ring (bicyclic) bond motifs is 1. The van der Waals surface area contributed by atoms with Crippen molar-refractivity contribution in [3.8, 4) is 0 Å². The predicted octanol–water partition coefficient (Wildman–Crippen LogP) is 2.81. The first-order valence-electron chi connectivity index (χ1n) is 7.41. The largest absolute Gasteiger partial charge is 0.376 e. The summed E-state index contributed by atoms with van der Waals surface area (Å²) in [7, 11) is 0. The van der Waals surface area contributed by atoms with E-state index in [4.69, 9.17) is 9.73 Å². The van der Waals surface area contributed by atoms with Gasteiger partial charge in [0.05, 0.1) is 18.2 Å². The molecule has 0 aromatic carbocycles. The van der Waals surface area contributed by atoms with Gasteiger partial charge in [-0.2, -0.15) is 0 Å². The molecule has 0 bridgehead atoms. The minimum atomic E-state index is 0.386. The summed E-state index contributed by atoms with van der Waals surface area (Å²) >= 11 is 1.92. The zero-order valence-electron chi connectivity index (χ0n) is 11.2. The van der Waals surface area contributed by atoms with Gasteiger partial charge in [0.2, 0.25) is 0 Å². The molecule has 1 saturated carbocycles. The quantitative estimate of drug-likeness (QED) is 0.836. The molecule has 3 rings (SSSR count). The van der Waals surface area contributed by atoms with Crippen LogP contribution in [0.2, 0.25) is 0 Å². The number of aliphatic imine (C=N–C) groups is 1. The summed E-state index contributed by atoms with van der Waals surface area (Å²) in [4.78, 5) is 4.93. The number of amidine groups is 1. The Morgan fingerprint density at radius 3 is 3.00 bits per heavy atom. The molecule has 1 N–H and O–H groups in total. The lowest BCUT2D eigenvalue weighted by Gasteiger charge is -2.34. The van der Waals surface area contributed by atoms with Crippen molar-refractivity contribution in [3.63, 3.8) is 0 Å². The van der Waals surface area contributed by atoms with E-state index in [-0.39, 0.29) is 0 Å². The van der Waals surface area contributed by atoms with E-state index in [1.807, 2.05) is 11.8 Å². The van der Waals surface area contributed by atoms with Crippen molar-refractivity contribution in [1.29, 1.82) is 0 Å². The Labute approximate surface area is 114 Å². The molecule has 102 valence electrons. The molecule has 1 saturated heterocycles. The van der Waals surface area contributed by atoms with Gasteiger partial charge in [0.15, 0.2) is 5.17 Å². The van der Waals surface area contributed by atoms with E-state index < -0.39 is 0 Å². The average molecular weight is 268 g/mol. The molecule has 4 heteroatoms. The summed E-state index contributed by atoms with van der Waals surface area (Å²) in [5.74, 6) is 2.10. The van der Waals surface area contributed by atoms with Crippen LogP contribution in [0.3, 0.4) is 0 Å². The first-order valence-corrected chi connectivity index (χ1v) is 8.40. The molecule has 0 spiro atoms. The Morgan fingerprint density at radius 1 is 1.28 bits per heavy atom. The molecule has 2 aliphatic heterocycles. The number of hydrogen-bond donors (Lipinski definition) is 1. The number of hydrogen-bond acceptors (Lipinski definition) is 4. The normalized spacial score (nSPS) is 37.8. The van der Waals surface area contributed by atoms with E-state index in [0.717, 1.165) is 12.5 Å². The highest BCUT2D eigenvalue weighted by atomic mass is 32.2. The number of rotatable bonds is 2. The Balaban J connectivity index is 1.57. The molecule has 3 aliphatic rings. The minimum absolute atomic E-state index is 0.386. The summed E-state index contributed by atoms with van der Waals surface area (Å²) in [5, 5.41) is 4.75. The molecule has 1 aliphatic carbocycles. The molecule has 0 aromatic rings. The number of ether oxygens (including phenoxy) is 1. The molecule has 3 nitrogen and oxygen atoms in total. The van der Waals surface area contributed by atoms with E-state index in [9.17, 15) is 0 Å². The fourth-order valence-electron chi connectivity index (χ4n) is 3.29. The molecule has 4 atom stereocenters. The van der Waals surface area contributed by atoms with Gasteiger partial charge in [-0.05, 0) is 38.5 Å². The molecule has 0 aromatic heterocycles. The lowest BCUT2D eigenvalue weighted by molar-refractivity contribution is 0.0895. The van der Waals surface area contributed by atoms with E-state index in [1.54, 1.807) is 0 Å². The van der Waals surface area contributed by atoms with Crippen LogP contribution in [0.4, 0.5) is 0 Å². The van der Waals surface area contributed by atoms with Crippen LogP contribution < -0.4 is 5.32 Å². The lowest BCUT2D eigenvalue weighted by atomic mass is 9.86. The van der Waals surface area contributed by atoms with Crippen LogP contribution >= 0.6 is 11.8 Å². The van der Waals surface area contributed by atoms with Crippen molar-refractivity contribution < 1.29 is 4.74 Å². The smallest absolute Gasteiger partial charge is 0.157 e. The van der Waals surface area contributed by atoms with Gasteiger partial charge in [0.1, 0.15) is 0 Å². The molecule has 0 radical (unpaired) electrons. The van der Waals surface area contributed by atoms with Gasteiger partial charge in [-0.25, -0.2) is 0 Å². The van der Waals surface area contributed by atoms with Gasteiger partial charge < -0.3 is 10.1 Å². The zero-order valence-corrected chi connectivity index (χ0v) is 12.0. The minimum Gasteiger partial charge on any atom is -0.376 e. The maximum absolute atomic E-state index is 5.74. The molecule has 2 heterocycles. The SMILES string of the molecule is CC(NC1=NC2CCCCC2CS1)C1CCCO1. The monoisotopic (exact) mass is 268 g/mol. The Hall–Kier alpha value is -0.220. The summed E-state index contributed by atoms with van der Waals surface area (Å²) in [6, 6.07) is 0.998. The highest BCUT2D eigenvalue weighted by molar-refractivity contribution is 8.13. The van der Waals surface area contributed by atoms with Crippen LogP contribution in [0, 0.1) is 5.92 Å². The summed E-state index contributed by atoms with van der Waals surface area (Å²) in [6.45, 7) is 3.16. The Bertz CT molecular complexity index is 315. The Kier molecular flexibility index (Phi) is 4.14. The average Bonchev–Trinajstić information content (AvgIpc) is 2.92. The first-order chi connectivity index (χ1) is 8.83. The van der Waals surface area contributed by atoms with Crippen LogP contribution in [0.25, 0.3) is 0 Å². The van der Waals surface area contributed by atoms with Crippen LogP contribution in [-0.2, 0) is 4.74 Å². The summed E-state index contributed by atoms with van der Waals surface area (Å²) in [6.07, 6.45) is 8.24. The number of thioether (sulfide) groups is 1. The molecule has 2 fully saturated rings. The van der Waals surface area contributed by atoms with Crippen LogP contribution in [0.1, 0.15) is 45.4 Å². The molecule has 4 unspecified atom stereocenters. The first kappa shape index (κ1) is 12.8. The summed E-state index contributed by atoms with van der Waals surface area (Å²) < 4.78 is 5.74. The number of nitrogens with zero attached hydrogens (tertiary/aromatic N) is 1. The molecule has 18 heavy (non-hydrogen) atoms. The maximum atomic E-state index is 5.74. The van der Waals surface area contributed by atoms with Gasteiger partial charge in [-0.15, -0.1) is 0 Å². The number of nitrogens with one attached hydrogen (secondary N) is 1. The van der Waals surface area contributed by atoms with Gasteiger partial charge >= 0.3 is 0 Å². The fourth-order valence-corrected chi connectivity index (χ4v) is 4.53. The van der Waals surface area contributed by atoms with E-state index >= 15 is 0 Å². The van der Waals surface area contributed by atoms with Crippen molar-refractivity contribution in [2.45, 2.75) is 63.6 Å². The van der Waals surface area contributed by atoms with Crippen molar-refractivity contribution in [2.75, 3.05) is 12.4 Å². The summed E-state index contributed by atoms with van der Waals surface area (Å²) in [5.41, 5.74) is 0. The van der Waals surface area contributed by atoms with Gasteiger partial charge in [-0.3, -0.25) is 4.99 Å². The second-order valence-electron chi connectivity index (χ2n) is 5.84. The molecule has 0 amide bonds. The van der Waals surface area contributed by atoms with Gasteiger partial charge in [0.25, 0.3) is 0 Å². The third-order valence-electron chi connectivity index (χ3n) is 4.46. The van der Waals surface area contributed by atoms with Crippen LogP contribution in [0.5, 0.6) is 0 Å². The van der Waals surface area contributed by atoms with Crippen LogP contribution in [0.15, 0.2) is 4.99 Å². The Morgan fingerprint density at radius 2 is 2.17 bits per heavy atom. The molecular formula is C14H24N2OS. The van der Waals surface area contributed by atoms with E-state index in [1.165, 1.54) is 49.4 Å². The second-order valence-corrected chi connectivity index (χ2v) is 6.85. The predicted molar refractivity (Wildman–Crippen MR) is 77.2 cm³/mol. The lowest BCUT2D eigenvalue weighted by Crippen LogP contribution is -2.43. The highest BCUT2D eigenvalue weighted by Gasteiger charge is 2.30. The van der Waals surface area contributed by atoms with Crippen molar-refractivity contribution in [2.24, 2.45) is 10.9 Å². The van der Waals surface area contributed by atoms with Gasteiger partial charge in [0, 0.05) is 12.4 Å². The van der Waals surface area contributed by atoms with Crippen molar-refractivity contribution >= 4 is 16.9 Å². The fraction of sp³-hybridized carbons (Fsp3) is 0.929. The van der Waals surface area contributed by atoms with Crippen molar-refractivity contribution in [3.05, 3.63) is 0 Å². The molecular weight excluding hydrogens is 244 g/mol. The van der Waals surface area contributed by atoms with Gasteiger partial charge in [-0.1, -0.05) is 24.6 Å². The zero-order chi connectivity index (χ0) is 12.4.